The highest BCUT2D eigenvalue weighted by atomic mass is 16.5. The van der Waals surface area contributed by atoms with Gasteiger partial charge in [0.25, 0.3) is 5.91 Å². The second-order valence-corrected chi connectivity index (χ2v) is 7.41. The molecule has 126 valence electrons. The van der Waals surface area contributed by atoms with Crippen LogP contribution in [0.15, 0.2) is 35.1 Å². The summed E-state index contributed by atoms with van der Waals surface area (Å²) < 4.78 is 4.93. The van der Waals surface area contributed by atoms with Crippen molar-refractivity contribution in [2.24, 2.45) is 0 Å². The fourth-order valence-corrected chi connectivity index (χ4v) is 4.52. The van der Waals surface area contributed by atoms with Gasteiger partial charge in [-0.3, -0.25) is 4.79 Å². The van der Waals surface area contributed by atoms with E-state index in [0.717, 1.165) is 25.9 Å². The predicted octanol–water partition coefficient (Wildman–Crippen LogP) is 4.05. The minimum atomic E-state index is 0.0565. The SMILES string of the molecule is Cc1nocc1C(=O)N1CCC2(CC[C@H](C)c3ccccc32)CC1. The Bertz CT molecular complexity index is 757. The van der Waals surface area contributed by atoms with Crippen molar-refractivity contribution in [3.63, 3.8) is 0 Å². The number of likely N-dealkylation sites (tertiary alicyclic amines) is 1. The first-order chi connectivity index (χ1) is 11.6. The first-order valence-electron chi connectivity index (χ1n) is 8.90. The molecule has 1 fully saturated rings. The molecule has 4 rings (SSSR count). The molecule has 1 saturated heterocycles. The van der Waals surface area contributed by atoms with Gasteiger partial charge in [0.05, 0.1) is 5.69 Å². The van der Waals surface area contributed by atoms with E-state index >= 15 is 0 Å². The van der Waals surface area contributed by atoms with Crippen molar-refractivity contribution in [1.29, 1.82) is 0 Å². The van der Waals surface area contributed by atoms with E-state index in [9.17, 15) is 4.79 Å². The third kappa shape index (κ3) is 2.36. The average molecular weight is 324 g/mol. The van der Waals surface area contributed by atoms with Crippen LogP contribution < -0.4 is 0 Å². The Morgan fingerprint density at radius 3 is 2.71 bits per heavy atom. The Morgan fingerprint density at radius 2 is 2.00 bits per heavy atom. The first kappa shape index (κ1) is 15.4. The van der Waals surface area contributed by atoms with Gasteiger partial charge in [-0.15, -0.1) is 0 Å². The van der Waals surface area contributed by atoms with Crippen LogP contribution in [0.1, 0.15) is 65.7 Å². The second-order valence-electron chi connectivity index (χ2n) is 7.41. The Morgan fingerprint density at radius 1 is 1.25 bits per heavy atom. The van der Waals surface area contributed by atoms with E-state index in [2.05, 4.69) is 36.3 Å². The molecule has 0 radical (unpaired) electrons. The number of carbonyl (C=O) groups excluding carboxylic acids is 1. The normalized spacial score (nSPS) is 22.4. The summed E-state index contributed by atoms with van der Waals surface area (Å²) in [4.78, 5) is 14.6. The van der Waals surface area contributed by atoms with Crippen molar-refractivity contribution in [3.8, 4) is 0 Å². The van der Waals surface area contributed by atoms with E-state index in [4.69, 9.17) is 4.52 Å². The van der Waals surface area contributed by atoms with Crippen molar-refractivity contribution in [1.82, 2.24) is 10.1 Å². The molecule has 1 atom stereocenters. The second kappa shape index (κ2) is 5.76. The molecule has 0 bridgehead atoms. The molecule has 0 unspecified atom stereocenters. The van der Waals surface area contributed by atoms with E-state index in [1.54, 1.807) is 0 Å². The summed E-state index contributed by atoms with van der Waals surface area (Å²) in [5, 5.41) is 3.83. The number of benzene rings is 1. The summed E-state index contributed by atoms with van der Waals surface area (Å²) in [7, 11) is 0. The fraction of sp³-hybridized carbons (Fsp3) is 0.500. The average Bonchev–Trinajstić information content (AvgIpc) is 3.05. The Kier molecular flexibility index (Phi) is 3.70. The van der Waals surface area contributed by atoms with Gasteiger partial charge in [-0.25, -0.2) is 0 Å². The van der Waals surface area contributed by atoms with E-state index in [1.165, 1.54) is 30.2 Å². The van der Waals surface area contributed by atoms with Crippen molar-refractivity contribution >= 4 is 5.91 Å². The lowest BCUT2D eigenvalue weighted by molar-refractivity contribution is 0.0648. The number of aromatic nitrogens is 1. The Hall–Kier alpha value is -2.10. The monoisotopic (exact) mass is 324 g/mol. The lowest BCUT2D eigenvalue weighted by Crippen LogP contribution is -2.46. The molecule has 0 saturated carbocycles. The molecule has 1 aromatic heterocycles. The smallest absolute Gasteiger partial charge is 0.259 e. The third-order valence-electron chi connectivity index (χ3n) is 6.11. The van der Waals surface area contributed by atoms with Crippen molar-refractivity contribution in [2.45, 2.75) is 50.9 Å². The molecule has 2 heterocycles. The van der Waals surface area contributed by atoms with Gasteiger partial charge >= 0.3 is 0 Å². The van der Waals surface area contributed by atoms with Crippen molar-refractivity contribution in [3.05, 3.63) is 52.9 Å². The molecule has 1 spiro atoms. The summed E-state index contributed by atoms with van der Waals surface area (Å²) in [6, 6.07) is 8.92. The van der Waals surface area contributed by atoms with Gasteiger partial charge in [-0.1, -0.05) is 36.3 Å². The van der Waals surface area contributed by atoms with Crippen LogP contribution in [0, 0.1) is 6.92 Å². The molecule has 2 aliphatic rings. The van der Waals surface area contributed by atoms with Gasteiger partial charge in [0, 0.05) is 13.1 Å². The summed E-state index contributed by atoms with van der Waals surface area (Å²) in [5.41, 5.74) is 4.57. The van der Waals surface area contributed by atoms with Crippen LogP contribution in [-0.2, 0) is 5.41 Å². The lowest BCUT2D eigenvalue weighted by Gasteiger charge is -2.46. The molecule has 1 aliphatic carbocycles. The van der Waals surface area contributed by atoms with Gasteiger partial charge in [0.1, 0.15) is 11.8 Å². The van der Waals surface area contributed by atoms with Crippen LogP contribution >= 0.6 is 0 Å². The van der Waals surface area contributed by atoms with Crippen LogP contribution in [0.4, 0.5) is 0 Å². The molecule has 1 aliphatic heterocycles. The molecular formula is C20H24N2O2. The highest BCUT2D eigenvalue weighted by Crippen LogP contribution is 2.48. The fourth-order valence-electron chi connectivity index (χ4n) is 4.52. The molecule has 4 nitrogen and oxygen atoms in total. The molecule has 1 aromatic carbocycles. The minimum absolute atomic E-state index is 0.0565. The van der Waals surface area contributed by atoms with E-state index in [1.807, 2.05) is 11.8 Å². The van der Waals surface area contributed by atoms with Gasteiger partial charge in [0.2, 0.25) is 0 Å². The van der Waals surface area contributed by atoms with E-state index in [0.29, 0.717) is 17.2 Å². The summed E-state index contributed by atoms with van der Waals surface area (Å²) in [5.74, 6) is 0.701. The van der Waals surface area contributed by atoms with Crippen LogP contribution in [-0.4, -0.2) is 29.1 Å². The van der Waals surface area contributed by atoms with Crippen LogP contribution in [0.5, 0.6) is 0 Å². The number of carbonyl (C=O) groups is 1. The first-order valence-corrected chi connectivity index (χ1v) is 8.90. The molecule has 24 heavy (non-hydrogen) atoms. The maximum Gasteiger partial charge on any atom is 0.259 e. The Labute approximate surface area is 142 Å². The summed E-state index contributed by atoms with van der Waals surface area (Å²) in [6.07, 6.45) is 6.05. The number of nitrogens with zero attached hydrogens (tertiary/aromatic N) is 2. The standard InChI is InChI=1S/C20H24N2O2/c1-14-7-8-20(18-6-4-3-5-16(14)18)9-11-22(12-10-20)19(23)17-13-24-21-15(17)2/h3-6,13-14H,7-12H2,1-2H3/t14-/m0/s1. The highest BCUT2D eigenvalue weighted by Gasteiger charge is 2.41. The van der Waals surface area contributed by atoms with Crippen LogP contribution in [0.3, 0.4) is 0 Å². The van der Waals surface area contributed by atoms with E-state index < -0.39 is 0 Å². The lowest BCUT2D eigenvalue weighted by atomic mass is 9.62. The number of fused-ring (bicyclic) bond motifs is 2. The minimum Gasteiger partial charge on any atom is -0.364 e. The van der Waals surface area contributed by atoms with Gasteiger partial charge < -0.3 is 9.42 Å². The van der Waals surface area contributed by atoms with Crippen LogP contribution in [0.2, 0.25) is 0 Å². The quantitative estimate of drug-likeness (QED) is 0.795. The predicted molar refractivity (Wildman–Crippen MR) is 92.1 cm³/mol. The highest BCUT2D eigenvalue weighted by molar-refractivity contribution is 5.94. The zero-order valence-corrected chi connectivity index (χ0v) is 14.4. The maximum absolute atomic E-state index is 12.7. The van der Waals surface area contributed by atoms with E-state index in [-0.39, 0.29) is 11.3 Å². The molecule has 1 amide bonds. The largest absolute Gasteiger partial charge is 0.364 e. The topological polar surface area (TPSA) is 46.3 Å². The molecule has 0 N–H and O–H groups in total. The number of rotatable bonds is 1. The number of amides is 1. The Balaban J connectivity index is 1.55. The summed E-state index contributed by atoms with van der Waals surface area (Å²) >= 11 is 0. The molecule has 4 heteroatoms. The van der Waals surface area contributed by atoms with Crippen molar-refractivity contribution < 1.29 is 9.32 Å². The number of aryl methyl sites for hydroxylation is 1. The van der Waals surface area contributed by atoms with Gasteiger partial charge in [-0.2, -0.15) is 0 Å². The number of hydrogen-bond donors (Lipinski definition) is 0. The summed E-state index contributed by atoms with van der Waals surface area (Å²) in [6.45, 7) is 5.78. The van der Waals surface area contributed by atoms with Crippen molar-refractivity contribution in [2.75, 3.05) is 13.1 Å². The number of hydrogen-bond acceptors (Lipinski definition) is 3. The zero-order chi connectivity index (χ0) is 16.7. The zero-order valence-electron chi connectivity index (χ0n) is 14.4. The van der Waals surface area contributed by atoms with Crippen LogP contribution in [0.25, 0.3) is 0 Å². The molecular weight excluding hydrogens is 300 g/mol. The third-order valence-corrected chi connectivity index (χ3v) is 6.11. The maximum atomic E-state index is 12.7. The molecule has 2 aromatic rings. The number of piperidine rings is 1. The van der Waals surface area contributed by atoms with Gasteiger partial charge in [0.15, 0.2) is 0 Å². The van der Waals surface area contributed by atoms with Gasteiger partial charge in [-0.05, 0) is 55.1 Å².